The van der Waals surface area contributed by atoms with E-state index >= 15 is 0 Å². The van der Waals surface area contributed by atoms with Crippen molar-refractivity contribution in [2.24, 2.45) is 0 Å². The lowest BCUT2D eigenvalue weighted by Gasteiger charge is -2.17. The van der Waals surface area contributed by atoms with Gasteiger partial charge in [0.15, 0.2) is 11.0 Å². The molecule has 1 aliphatic heterocycles. The minimum atomic E-state index is -0.376. The molecule has 0 saturated heterocycles. The molecule has 0 unspecified atom stereocenters. The van der Waals surface area contributed by atoms with Gasteiger partial charge in [-0.25, -0.2) is 0 Å². The fourth-order valence-electron chi connectivity index (χ4n) is 4.11. The van der Waals surface area contributed by atoms with Gasteiger partial charge in [0.05, 0.1) is 28.6 Å². The summed E-state index contributed by atoms with van der Waals surface area (Å²) in [4.78, 5) is 27.6. The Morgan fingerprint density at radius 2 is 1.76 bits per heavy atom. The van der Waals surface area contributed by atoms with Gasteiger partial charge in [-0.3, -0.25) is 14.2 Å². The Labute approximate surface area is 232 Å². The van der Waals surface area contributed by atoms with Crippen LogP contribution in [-0.2, 0) is 17.8 Å². The van der Waals surface area contributed by atoms with Crippen LogP contribution >= 0.6 is 46.6 Å². The van der Waals surface area contributed by atoms with Gasteiger partial charge in [-0.2, -0.15) is 0 Å². The highest BCUT2D eigenvalue weighted by atomic mass is 35.5. The number of nitrogens with one attached hydrogen (secondary N) is 1. The smallest absolute Gasteiger partial charge is 0.253 e. The molecule has 0 aliphatic carbocycles. The summed E-state index contributed by atoms with van der Waals surface area (Å²) >= 11 is 19.6. The van der Waals surface area contributed by atoms with E-state index in [0.717, 1.165) is 12.1 Å². The lowest BCUT2D eigenvalue weighted by Crippen LogP contribution is -2.30. The average molecular weight is 573 g/mol. The van der Waals surface area contributed by atoms with E-state index in [4.69, 9.17) is 34.8 Å². The molecular weight excluding hydrogens is 553 g/mol. The van der Waals surface area contributed by atoms with Crippen molar-refractivity contribution in [2.45, 2.75) is 18.1 Å². The van der Waals surface area contributed by atoms with Crippen LogP contribution in [0.2, 0.25) is 15.1 Å². The molecule has 188 valence electrons. The second-order valence-corrected chi connectivity index (χ2v) is 10.5. The number of para-hydroxylation sites is 1. The van der Waals surface area contributed by atoms with Crippen LogP contribution in [0.15, 0.2) is 71.9 Å². The molecule has 0 atom stereocenters. The molecule has 0 fully saturated rings. The van der Waals surface area contributed by atoms with Gasteiger partial charge in [0.1, 0.15) is 0 Å². The number of anilines is 1. The van der Waals surface area contributed by atoms with Crippen LogP contribution in [0.3, 0.4) is 0 Å². The zero-order chi connectivity index (χ0) is 25.9. The van der Waals surface area contributed by atoms with Gasteiger partial charge in [-0.15, -0.1) is 10.2 Å². The number of thioether (sulfide) groups is 1. The first-order chi connectivity index (χ1) is 17.9. The van der Waals surface area contributed by atoms with Crippen molar-refractivity contribution in [1.29, 1.82) is 0 Å². The number of aromatic nitrogens is 3. The third-order valence-corrected chi connectivity index (χ3v) is 7.56. The highest BCUT2D eigenvalue weighted by Gasteiger charge is 2.25. The van der Waals surface area contributed by atoms with E-state index in [9.17, 15) is 9.59 Å². The molecule has 2 amide bonds. The third kappa shape index (κ3) is 5.62. The van der Waals surface area contributed by atoms with Crippen LogP contribution in [-0.4, -0.2) is 38.9 Å². The zero-order valence-corrected chi connectivity index (χ0v) is 22.4. The molecule has 1 aliphatic rings. The molecule has 4 aromatic rings. The standard InChI is InChI=1S/C26H20Cl3N5O2S/c27-17-5-3-6-19(12-17)34-23(14-30-25(36)20-9-8-18(28)13-21(20)29)31-32-26(34)37-15-24(35)33-11-10-16-4-1-2-7-22(16)33/h1-9,12-13H,10-11,14-15H2,(H,30,36). The summed E-state index contributed by atoms with van der Waals surface area (Å²) in [6.07, 6.45) is 0.840. The number of carbonyl (C=O) groups is 2. The van der Waals surface area contributed by atoms with Gasteiger partial charge in [-0.1, -0.05) is 70.8 Å². The number of nitrogens with zero attached hydrogens (tertiary/aromatic N) is 4. The van der Waals surface area contributed by atoms with E-state index in [2.05, 4.69) is 15.5 Å². The largest absolute Gasteiger partial charge is 0.345 e. The summed E-state index contributed by atoms with van der Waals surface area (Å²) in [5.41, 5.74) is 3.13. The Morgan fingerprint density at radius 3 is 2.57 bits per heavy atom. The van der Waals surface area contributed by atoms with E-state index in [1.807, 2.05) is 36.4 Å². The van der Waals surface area contributed by atoms with Crippen molar-refractivity contribution in [3.63, 3.8) is 0 Å². The first-order valence-electron chi connectivity index (χ1n) is 11.4. The normalized spacial score (nSPS) is 12.5. The van der Waals surface area contributed by atoms with Crippen LogP contribution in [0.5, 0.6) is 0 Å². The van der Waals surface area contributed by atoms with Crippen molar-refractivity contribution in [1.82, 2.24) is 20.1 Å². The Balaban J connectivity index is 1.35. The van der Waals surface area contributed by atoms with E-state index in [1.54, 1.807) is 33.7 Å². The van der Waals surface area contributed by atoms with Gasteiger partial charge in [0.25, 0.3) is 5.91 Å². The van der Waals surface area contributed by atoms with Crippen molar-refractivity contribution in [2.75, 3.05) is 17.2 Å². The van der Waals surface area contributed by atoms with Crippen molar-refractivity contribution < 1.29 is 9.59 Å². The molecule has 37 heavy (non-hydrogen) atoms. The number of fused-ring (bicyclic) bond motifs is 1. The lowest BCUT2D eigenvalue weighted by molar-refractivity contribution is -0.116. The summed E-state index contributed by atoms with van der Waals surface area (Å²) < 4.78 is 1.78. The maximum atomic E-state index is 13.1. The molecule has 5 rings (SSSR count). The fourth-order valence-corrected chi connectivity index (χ4v) is 5.64. The number of hydrogen-bond acceptors (Lipinski definition) is 5. The summed E-state index contributed by atoms with van der Waals surface area (Å²) in [5, 5.41) is 13.2. The minimum Gasteiger partial charge on any atom is -0.345 e. The molecule has 11 heteroatoms. The van der Waals surface area contributed by atoms with E-state index < -0.39 is 0 Å². The van der Waals surface area contributed by atoms with Gasteiger partial charge in [0.2, 0.25) is 5.91 Å². The molecular formula is C26H20Cl3N5O2S. The molecule has 2 heterocycles. The zero-order valence-electron chi connectivity index (χ0n) is 19.3. The number of hydrogen-bond donors (Lipinski definition) is 1. The van der Waals surface area contributed by atoms with Gasteiger partial charge in [-0.05, 0) is 54.4 Å². The lowest BCUT2D eigenvalue weighted by atomic mass is 10.2. The van der Waals surface area contributed by atoms with Crippen LogP contribution in [0.4, 0.5) is 5.69 Å². The first-order valence-corrected chi connectivity index (χ1v) is 13.5. The second kappa shape index (κ2) is 11.1. The fraction of sp³-hybridized carbons (Fsp3) is 0.154. The van der Waals surface area contributed by atoms with Gasteiger partial charge in [0, 0.05) is 22.3 Å². The number of halogens is 3. The van der Waals surface area contributed by atoms with Crippen molar-refractivity contribution in [3.8, 4) is 5.69 Å². The Hall–Kier alpha value is -3.04. The van der Waals surface area contributed by atoms with E-state index in [1.165, 1.54) is 23.4 Å². The summed E-state index contributed by atoms with van der Waals surface area (Å²) in [6, 6.07) is 19.8. The van der Waals surface area contributed by atoms with Gasteiger partial charge >= 0.3 is 0 Å². The monoisotopic (exact) mass is 571 g/mol. The third-order valence-electron chi connectivity index (χ3n) is 5.86. The summed E-state index contributed by atoms with van der Waals surface area (Å²) in [5.74, 6) is 0.268. The molecule has 1 N–H and O–H groups in total. The summed E-state index contributed by atoms with van der Waals surface area (Å²) in [7, 11) is 0. The van der Waals surface area contributed by atoms with Crippen LogP contribution in [0, 0.1) is 0 Å². The maximum absolute atomic E-state index is 13.1. The molecule has 1 aromatic heterocycles. The quantitative estimate of drug-likeness (QED) is 0.282. The van der Waals surface area contributed by atoms with Crippen molar-refractivity contribution >= 4 is 64.1 Å². The van der Waals surface area contributed by atoms with Crippen molar-refractivity contribution in [3.05, 3.63) is 98.7 Å². The summed E-state index contributed by atoms with van der Waals surface area (Å²) in [6.45, 7) is 0.732. The predicted octanol–water partition coefficient (Wildman–Crippen LogP) is 5.84. The Bertz CT molecular complexity index is 1490. The molecule has 0 bridgehead atoms. The molecule has 0 spiro atoms. The number of rotatable bonds is 7. The highest BCUT2D eigenvalue weighted by molar-refractivity contribution is 7.99. The minimum absolute atomic E-state index is 0.0113. The molecule has 0 saturated carbocycles. The average Bonchev–Trinajstić information content (AvgIpc) is 3.50. The second-order valence-electron chi connectivity index (χ2n) is 8.23. The Morgan fingerprint density at radius 1 is 0.946 bits per heavy atom. The highest BCUT2D eigenvalue weighted by Crippen LogP contribution is 2.30. The molecule has 0 radical (unpaired) electrons. The molecule has 7 nitrogen and oxygen atoms in total. The predicted molar refractivity (Wildman–Crippen MR) is 147 cm³/mol. The number of benzene rings is 3. The van der Waals surface area contributed by atoms with E-state index in [0.29, 0.717) is 38.8 Å². The topological polar surface area (TPSA) is 80.1 Å². The molecule has 3 aromatic carbocycles. The maximum Gasteiger partial charge on any atom is 0.253 e. The Kier molecular flexibility index (Phi) is 7.71. The first kappa shape index (κ1) is 25.6. The SMILES string of the molecule is O=C(NCc1nnc(SCC(=O)N2CCc3ccccc32)n1-c1cccc(Cl)c1)c1ccc(Cl)cc1Cl. The van der Waals surface area contributed by atoms with E-state index in [-0.39, 0.29) is 29.1 Å². The number of carbonyl (C=O) groups excluding carboxylic acids is 2. The van der Waals surface area contributed by atoms with Gasteiger partial charge < -0.3 is 10.2 Å². The van der Waals surface area contributed by atoms with Crippen LogP contribution in [0.25, 0.3) is 5.69 Å². The van der Waals surface area contributed by atoms with Crippen LogP contribution in [0.1, 0.15) is 21.7 Å². The number of amides is 2. The van der Waals surface area contributed by atoms with Crippen LogP contribution < -0.4 is 10.2 Å².